The van der Waals surface area contributed by atoms with Gasteiger partial charge in [-0.1, -0.05) is 18.2 Å². The van der Waals surface area contributed by atoms with Crippen molar-refractivity contribution in [2.24, 2.45) is 0 Å². The SMILES string of the molecule is COc1cccc(CNc2cccc(O)c2)c1OC(F)F. The average Bonchev–Trinajstić information content (AvgIpc) is 2.45. The summed E-state index contributed by atoms with van der Waals surface area (Å²) in [5.74, 6) is 0.364. The van der Waals surface area contributed by atoms with Crippen LogP contribution in [0.15, 0.2) is 42.5 Å². The fourth-order valence-electron chi connectivity index (χ4n) is 1.90. The molecule has 2 aromatic carbocycles. The summed E-state index contributed by atoms with van der Waals surface area (Å²) in [4.78, 5) is 0. The predicted molar refractivity (Wildman–Crippen MR) is 75.1 cm³/mol. The summed E-state index contributed by atoms with van der Waals surface area (Å²) in [5, 5.41) is 12.4. The molecule has 0 saturated heterocycles. The van der Waals surface area contributed by atoms with Gasteiger partial charge in [0.25, 0.3) is 0 Å². The highest BCUT2D eigenvalue weighted by Crippen LogP contribution is 2.33. The van der Waals surface area contributed by atoms with E-state index in [1.54, 1.807) is 36.4 Å². The minimum absolute atomic E-state index is 0.00246. The van der Waals surface area contributed by atoms with Crippen LogP contribution in [0.3, 0.4) is 0 Å². The lowest BCUT2D eigenvalue weighted by Crippen LogP contribution is -2.08. The number of benzene rings is 2. The van der Waals surface area contributed by atoms with Gasteiger partial charge in [0.05, 0.1) is 7.11 Å². The Kier molecular flexibility index (Phi) is 4.81. The number of phenols is 1. The Morgan fingerprint density at radius 3 is 2.62 bits per heavy atom. The van der Waals surface area contributed by atoms with Crippen LogP contribution in [0, 0.1) is 0 Å². The van der Waals surface area contributed by atoms with Gasteiger partial charge in [0, 0.05) is 23.9 Å². The van der Waals surface area contributed by atoms with Crippen LogP contribution in [-0.4, -0.2) is 18.8 Å². The minimum atomic E-state index is -2.93. The molecule has 0 radical (unpaired) electrons. The number of methoxy groups -OCH3 is 1. The third-order valence-electron chi connectivity index (χ3n) is 2.82. The quantitative estimate of drug-likeness (QED) is 0.854. The maximum absolute atomic E-state index is 12.5. The summed E-state index contributed by atoms with van der Waals surface area (Å²) in [6.45, 7) is -2.68. The molecular weight excluding hydrogens is 280 g/mol. The number of hydrogen-bond acceptors (Lipinski definition) is 4. The number of phenolic OH excluding ortho intramolecular Hbond substituents is 1. The van der Waals surface area contributed by atoms with Crippen molar-refractivity contribution in [3.8, 4) is 17.2 Å². The van der Waals surface area contributed by atoms with Gasteiger partial charge >= 0.3 is 6.61 Å². The zero-order chi connectivity index (χ0) is 15.2. The van der Waals surface area contributed by atoms with Gasteiger partial charge in [-0.05, 0) is 18.2 Å². The average molecular weight is 295 g/mol. The van der Waals surface area contributed by atoms with Crippen LogP contribution >= 0.6 is 0 Å². The third-order valence-corrected chi connectivity index (χ3v) is 2.82. The van der Waals surface area contributed by atoms with E-state index >= 15 is 0 Å². The first-order chi connectivity index (χ1) is 10.1. The van der Waals surface area contributed by atoms with Crippen molar-refractivity contribution in [3.05, 3.63) is 48.0 Å². The van der Waals surface area contributed by atoms with Gasteiger partial charge in [0.15, 0.2) is 11.5 Å². The monoisotopic (exact) mass is 295 g/mol. The molecule has 0 aliphatic heterocycles. The third kappa shape index (κ3) is 3.98. The van der Waals surface area contributed by atoms with E-state index in [4.69, 9.17) is 4.74 Å². The highest BCUT2D eigenvalue weighted by atomic mass is 19.3. The maximum Gasteiger partial charge on any atom is 0.387 e. The van der Waals surface area contributed by atoms with Crippen molar-refractivity contribution in [3.63, 3.8) is 0 Å². The van der Waals surface area contributed by atoms with Crippen molar-refractivity contribution in [1.29, 1.82) is 0 Å². The summed E-state index contributed by atoms with van der Waals surface area (Å²) in [6.07, 6.45) is 0. The Morgan fingerprint density at radius 2 is 1.95 bits per heavy atom. The zero-order valence-electron chi connectivity index (χ0n) is 11.3. The molecule has 21 heavy (non-hydrogen) atoms. The zero-order valence-corrected chi connectivity index (χ0v) is 11.3. The molecule has 6 heteroatoms. The molecule has 0 aliphatic carbocycles. The van der Waals surface area contributed by atoms with Gasteiger partial charge in [-0.2, -0.15) is 8.78 Å². The number of aromatic hydroxyl groups is 1. The van der Waals surface area contributed by atoms with Crippen LogP contribution in [0.1, 0.15) is 5.56 Å². The van der Waals surface area contributed by atoms with Crippen LogP contribution in [0.5, 0.6) is 17.2 Å². The smallest absolute Gasteiger partial charge is 0.387 e. The molecule has 0 amide bonds. The van der Waals surface area contributed by atoms with Gasteiger partial charge in [-0.15, -0.1) is 0 Å². The maximum atomic E-state index is 12.5. The molecule has 0 heterocycles. The normalized spacial score (nSPS) is 10.5. The van der Waals surface area contributed by atoms with E-state index in [2.05, 4.69) is 10.1 Å². The lowest BCUT2D eigenvalue weighted by Gasteiger charge is -2.15. The largest absolute Gasteiger partial charge is 0.508 e. The second-order valence-electron chi connectivity index (χ2n) is 4.23. The fraction of sp³-hybridized carbons (Fsp3) is 0.200. The van der Waals surface area contributed by atoms with E-state index in [9.17, 15) is 13.9 Å². The molecule has 0 spiro atoms. The Hall–Kier alpha value is -2.50. The van der Waals surface area contributed by atoms with Crippen LogP contribution in [0.4, 0.5) is 14.5 Å². The summed E-state index contributed by atoms with van der Waals surface area (Å²) >= 11 is 0. The standard InChI is InChI=1S/C15H15F2NO3/c1-20-13-7-2-4-10(14(13)21-15(16)17)9-18-11-5-3-6-12(19)8-11/h2-8,15,18-19H,9H2,1H3. The van der Waals surface area contributed by atoms with Crippen molar-refractivity contribution in [1.82, 2.24) is 0 Å². The highest BCUT2D eigenvalue weighted by molar-refractivity contribution is 5.51. The van der Waals surface area contributed by atoms with E-state index in [0.29, 0.717) is 11.3 Å². The number of para-hydroxylation sites is 1. The lowest BCUT2D eigenvalue weighted by molar-refractivity contribution is -0.0517. The molecule has 0 atom stereocenters. The van der Waals surface area contributed by atoms with Crippen LogP contribution in [0.2, 0.25) is 0 Å². The van der Waals surface area contributed by atoms with Crippen LogP contribution in [-0.2, 0) is 6.54 Å². The van der Waals surface area contributed by atoms with Gasteiger partial charge in [0.1, 0.15) is 5.75 Å². The first-order valence-corrected chi connectivity index (χ1v) is 6.23. The number of halogens is 2. The van der Waals surface area contributed by atoms with Gasteiger partial charge in [-0.25, -0.2) is 0 Å². The number of rotatable bonds is 6. The molecule has 2 N–H and O–H groups in total. The van der Waals surface area contributed by atoms with Crippen molar-refractivity contribution >= 4 is 5.69 Å². The van der Waals surface area contributed by atoms with Gasteiger partial charge in [-0.3, -0.25) is 0 Å². The number of alkyl halides is 2. The summed E-state index contributed by atoms with van der Waals surface area (Å²) < 4.78 is 34.6. The van der Waals surface area contributed by atoms with Crippen molar-refractivity contribution in [2.45, 2.75) is 13.2 Å². The summed E-state index contributed by atoms with van der Waals surface area (Å²) in [6, 6.07) is 11.4. The minimum Gasteiger partial charge on any atom is -0.508 e. The van der Waals surface area contributed by atoms with E-state index < -0.39 is 6.61 Å². The van der Waals surface area contributed by atoms with E-state index in [-0.39, 0.29) is 23.8 Å². The second kappa shape index (κ2) is 6.78. The number of anilines is 1. The molecule has 2 aromatic rings. The predicted octanol–water partition coefficient (Wildman–Crippen LogP) is 3.61. The Morgan fingerprint density at radius 1 is 1.19 bits per heavy atom. The first-order valence-electron chi connectivity index (χ1n) is 6.23. The molecule has 2 rings (SSSR count). The van der Waals surface area contributed by atoms with Crippen LogP contribution < -0.4 is 14.8 Å². The highest BCUT2D eigenvalue weighted by Gasteiger charge is 2.15. The summed E-state index contributed by atoms with van der Waals surface area (Å²) in [5.41, 5.74) is 1.19. The molecule has 0 aromatic heterocycles. The Bertz CT molecular complexity index is 605. The van der Waals surface area contributed by atoms with E-state index in [0.717, 1.165) is 0 Å². The van der Waals surface area contributed by atoms with Gasteiger partial charge in [0.2, 0.25) is 0 Å². The van der Waals surface area contributed by atoms with Gasteiger partial charge < -0.3 is 19.9 Å². The Labute approximate surface area is 120 Å². The fourth-order valence-corrected chi connectivity index (χ4v) is 1.90. The lowest BCUT2D eigenvalue weighted by atomic mass is 10.1. The molecule has 4 nitrogen and oxygen atoms in total. The second-order valence-corrected chi connectivity index (χ2v) is 4.23. The van der Waals surface area contributed by atoms with E-state index in [1.165, 1.54) is 13.2 Å². The molecule has 0 aliphatic rings. The molecule has 0 fully saturated rings. The number of ether oxygens (including phenoxy) is 2. The summed E-state index contributed by atoms with van der Waals surface area (Å²) in [7, 11) is 1.39. The number of hydrogen-bond donors (Lipinski definition) is 2. The molecule has 112 valence electrons. The Balaban J connectivity index is 2.19. The van der Waals surface area contributed by atoms with Crippen LogP contribution in [0.25, 0.3) is 0 Å². The molecular formula is C15H15F2NO3. The van der Waals surface area contributed by atoms with Crippen molar-refractivity contribution in [2.75, 3.05) is 12.4 Å². The van der Waals surface area contributed by atoms with Crippen molar-refractivity contribution < 1.29 is 23.4 Å². The molecule has 0 saturated carbocycles. The van der Waals surface area contributed by atoms with E-state index in [1.807, 2.05) is 0 Å². The first kappa shape index (κ1) is 14.9. The molecule has 0 bridgehead atoms. The number of nitrogens with one attached hydrogen (secondary N) is 1. The topological polar surface area (TPSA) is 50.7 Å². The molecule has 0 unspecified atom stereocenters.